The number of hydrogen-bond donors (Lipinski definition) is 2. The maximum atomic E-state index is 12.5. The van der Waals surface area contributed by atoms with Gasteiger partial charge in [0.05, 0.1) is 16.9 Å². The number of nitrogens with one attached hydrogen (secondary N) is 2. The summed E-state index contributed by atoms with van der Waals surface area (Å²) >= 11 is 7.30. The lowest BCUT2D eigenvalue weighted by atomic mass is 10.1. The van der Waals surface area contributed by atoms with E-state index in [-0.39, 0.29) is 23.7 Å². The van der Waals surface area contributed by atoms with Crippen molar-refractivity contribution in [2.75, 3.05) is 10.6 Å². The molecule has 1 saturated carbocycles. The van der Waals surface area contributed by atoms with Crippen molar-refractivity contribution in [1.82, 2.24) is 4.98 Å². The van der Waals surface area contributed by atoms with E-state index in [9.17, 15) is 9.59 Å². The van der Waals surface area contributed by atoms with Crippen molar-refractivity contribution in [1.29, 1.82) is 0 Å². The summed E-state index contributed by atoms with van der Waals surface area (Å²) in [4.78, 5) is 29.5. The van der Waals surface area contributed by atoms with Crippen LogP contribution in [0.25, 0.3) is 0 Å². The third-order valence-corrected chi connectivity index (χ3v) is 6.00. The molecule has 5 nitrogen and oxygen atoms in total. The second-order valence-corrected chi connectivity index (χ2v) is 8.20. The van der Waals surface area contributed by atoms with Gasteiger partial charge in [-0.05, 0) is 36.5 Å². The molecular weight excluding hydrogens is 394 g/mol. The number of hydrogen-bond acceptors (Lipinski definition) is 4. The Kier molecular flexibility index (Phi) is 5.15. The Morgan fingerprint density at radius 2 is 1.89 bits per heavy atom. The first-order chi connectivity index (χ1) is 13.5. The van der Waals surface area contributed by atoms with Gasteiger partial charge in [0.2, 0.25) is 5.91 Å². The van der Waals surface area contributed by atoms with Gasteiger partial charge in [-0.2, -0.15) is 0 Å². The van der Waals surface area contributed by atoms with Gasteiger partial charge in [0.25, 0.3) is 5.91 Å². The largest absolute Gasteiger partial charge is 0.320 e. The molecule has 4 rings (SSSR count). The second-order valence-electron chi connectivity index (χ2n) is 6.76. The highest BCUT2D eigenvalue weighted by atomic mass is 35.5. The van der Waals surface area contributed by atoms with Crippen molar-refractivity contribution < 1.29 is 9.59 Å². The van der Waals surface area contributed by atoms with Gasteiger partial charge in [0.15, 0.2) is 5.13 Å². The summed E-state index contributed by atoms with van der Waals surface area (Å²) < 4.78 is 0. The van der Waals surface area contributed by atoms with E-state index in [4.69, 9.17) is 11.6 Å². The molecule has 0 aliphatic heterocycles. The molecule has 142 valence electrons. The lowest BCUT2D eigenvalue weighted by molar-refractivity contribution is -0.117. The first-order valence-corrected chi connectivity index (χ1v) is 10.1. The number of halogens is 1. The summed E-state index contributed by atoms with van der Waals surface area (Å²) in [5.41, 5.74) is 2.63. The Morgan fingerprint density at radius 3 is 2.64 bits per heavy atom. The predicted molar refractivity (Wildman–Crippen MR) is 112 cm³/mol. The molecule has 1 heterocycles. The Morgan fingerprint density at radius 1 is 1.11 bits per heavy atom. The summed E-state index contributed by atoms with van der Waals surface area (Å²) in [5, 5.41) is 6.54. The topological polar surface area (TPSA) is 71.1 Å². The zero-order valence-corrected chi connectivity index (χ0v) is 16.7. The fourth-order valence-corrected chi connectivity index (χ4v) is 4.14. The molecule has 1 fully saturated rings. The molecule has 7 heteroatoms. The van der Waals surface area contributed by atoms with E-state index >= 15 is 0 Å². The number of aromatic nitrogens is 1. The first-order valence-electron chi connectivity index (χ1n) is 8.91. The van der Waals surface area contributed by atoms with Crippen LogP contribution in [0.3, 0.4) is 0 Å². The molecule has 2 atom stereocenters. The SMILES string of the molecule is Cc1cccc(Cl)c1NC(=O)c1cnc(NC(=O)C2C[C@@H]2c2ccccc2)s1. The van der Waals surface area contributed by atoms with Gasteiger partial charge in [-0.15, -0.1) is 0 Å². The molecule has 1 unspecified atom stereocenters. The average Bonchev–Trinajstić information content (AvgIpc) is 3.37. The lowest BCUT2D eigenvalue weighted by Gasteiger charge is -2.08. The van der Waals surface area contributed by atoms with Crippen LogP contribution >= 0.6 is 22.9 Å². The third kappa shape index (κ3) is 3.93. The quantitative estimate of drug-likeness (QED) is 0.613. The molecule has 2 amide bonds. The molecule has 2 aromatic carbocycles. The van der Waals surface area contributed by atoms with Crippen LogP contribution in [0.1, 0.15) is 33.1 Å². The van der Waals surface area contributed by atoms with Crippen LogP contribution in [0.2, 0.25) is 5.02 Å². The van der Waals surface area contributed by atoms with Crippen LogP contribution in [0, 0.1) is 12.8 Å². The first kappa shape index (κ1) is 18.7. The average molecular weight is 412 g/mol. The number of nitrogens with zero attached hydrogens (tertiary/aromatic N) is 1. The maximum absolute atomic E-state index is 12.5. The van der Waals surface area contributed by atoms with Crippen LogP contribution in [-0.2, 0) is 4.79 Å². The molecule has 0 spiro atoms. The van der Waals surface area contributed by atoms with E-state index in [1.807, 2.05) is 49.4 Å². The van der Waals surface area contributed by atoms with Crippen molar-refractivity contribution in [3.05, 3.63) is 75.8 Å². The number of carbonyl (C=O) groups excluding carboxylic acids is 2. The van der Waals surface area contributed by atoms with Gasteiger partial charge in [-0.1, -0.05) is 65.4 Å². The minimum atomic E-state index is -0.303. The standard InChI is InChI=1S/C21H18ClN3O2S/c1-12-6-5-9-16(22)18(12)24-20(27)17-11-23-21(28-17)25-19(26)15-10-14(15)13-7-3-2-4-8-13/h2-9,11,14-15H,10H2,1H3,(H,24,27)(H,23,25,26)/t14-,15?/m1/s1. The van der Waals surface area contributed by atoms with E-state index < -0.39 is 0 Å². The van der Waals surface area contributed by atoms with Gasteiger partial charge in [0, 0.05) is 5.92 Å². The number of carbonyl (C=O) groups is 2. The zero-order valence-electron chi connectivity index (χ0n) is 15.1. The lowest BCUT2D eigenvalue weighted by Crippen LogP contribution is -2.14. The Bertz CT molecular complexity index is 1010. The molecular formula is C21H18ClN3O2S. The molecule has 0 radical (unpaired) electrons. The van der Waals surface area contributed by atoms with Gasteiger partial charge >= 0.3 is 0 Å². The van der Waals surface area contributed by atoms with Crippen molar-refractivity contribution in [2.24, 2.45) is 5.92 Å². The van der Waals surface area contributed by atoms with Gasteiger partial charge in [-0.25, -0.2) is 4.98 Å². The highest BCUT2D eigenvalue weighted by Crippen LogP contribution is 2.48. The minimum Gasteiger partial charge on any atom is -0.320 e. The fraction of sp³-hybridized carbons (Fsp3) is 0.190. The predicted octanol–water partition coefficient (Wildman–Crippen LogP) is 5.10. The number of benzene rings is 2. The number of para-hydroxylation sites is 1. The van der Waals surface area contributed by atoms with E-state index in [0.717, 1.165) is 23.3 Å². The molecule has 3 aromatic rings. The normalized spacial score (nSPS) is 17.8. The zero-order chi connectivity index (χ0) is 19.7. The van der Waals surface area contributed by atoms with Crippen LogP contribution in [0.5, 0.6) is 0 Å². The fourth-order valence-electron chi connectivity index (χ4n) is 3.15. The Labute approximate surface area is 171 Å². The van der Waals surface area contributed by atoms with Gasteiger partial charge in [-0.3, -0.25) is 9.59 Å². The number of anilines is 2. The highest BCUT2D eigenvalue weighted by molar-refractivity contribution is 7.17. The van der Waals surface area contributed by atoms with Crippen molar-refractivity contribution in [3.63, 3.8) is 0 Å². The van der Waals surface area contributed by atoms with Crippen LogP contribution in [0.4, 0.5) is 10.8 Å². The molecule has 0 saturated heterocycles. The summed E-state index contributed by atoms with van der Waals surface area (Å²) in [7, 11) is 0. The van der Waals surface area contributed by atoms with E-state index in [0.29, 0.717) is 20.7 Å². The molecule has 2 N–H and O–H groups in total. The Balaban J connectivity index is 1.38. The minimum absolute atomic E-state index is 0.0469. The summed E-state index contributed by atoms with van der Waals surface area (Å²) in [6.07, 6.45) is 2.30. The molecule has 1 aliphatic rings. The van der Waals surface area contributed by atoms with Crippen LogP contribution in [-0.4, -0.2) is 16.8 Å². The number of thiazole rings is 1. The van der Waals surface area contributed by atoms with E-state index in [1.165, 1.54) is 11.8 Å². The summed E-state index contributed by atoms with van der Waals surface area (Å²) in [6.45, 7) is 1.87. The maximum Gasteiger partial charge on any atom is 0.267 e. The molecule has 0 bridgehead atoms. The highest BCUT2D eigenvalue weighted by Gasteiger charge is 2.44. The van der Waals surface area contributed by atoms with E-state index in [1.54, 1.807) is 6.07 Å². The molecule has 28 heavy (non-hydrogen) atoms. The van der Waals surface area contributed by atoms with E-state index in [2.05, 4.69) is 15.6 Å². The van der Waals surface area contributed by atoms with Crippen molar-refractivity contribution in [2.45, 2.75) is 19.3 Å². The monoisotopic (exact) mass is 411 g/mol. The van der Waals surface area contributed by atoms with Gasteiger partial charge in [0.1, 0.15) is 4.88 Å². The number of rotatable bonds is 5. The number of aryl methyl sites for hydroxylation is 1. The second kappa shape index (κ2) is 7.73. The van der Waals surface area contributed by atoms with Crippen molar-refractivity contribution >= 4 is 45.6 Å². The number of amides is 2. The Hall–Kier alpha value is -2.70. The summed E-state index contributed by atoms with van der Waals surface area (Å²) in [5.74, 6) is -0.152. The smallest absolute Gasteiger partial charge is 0.267 e. The third-order valence-electron chi connectivity index (χ3n) is 4.78. The van der Waals surface area contributed by atoms with Crippen LogP contribution < -0.4 is 10.6 Å². The molecule has 1 aliphatic carbocycles. The summed E-state index contributed by atoms with van der Waals surface area (Å²) in [6, 6.07) is 15.4. The van der Waals surface area contributed by atoms with Gasteiger partial charge < -0.3 is 10.6 Å². The molecule has 1 aromatic heterocycles. The van der Waals surface area contributed by atoms with Crippen molar-refractivity contribution in [3.8, 4) is 0 Å². The van der Waals surface area contributed by atoms with Crippen LogP contribution in [0.15, 0.2) is 54.7 Å².